The first-order valence-corrected chi connectivity index (χ1v) is 9.51. The Labute approximate surface area is 151 Å². The molecule has 3 heterocycles. The molecule has 1 fully saturated rings. The van der Waals surface area contributed by atoms with Crippen molar-refractivity contribution in [1.29, 1.82) is 0 Å². The van der Waals surface area contributed by atoms with E-state index in [-0.39, 0.29) is 11.9 Å². The maximum atomic E-state index is 12.8. The number of hydrogen-bond donors (Lipinski definition) is 0. The average Bonchev–Trinajstić information content (AvgIpc) is 3.32. The van der Waals surface area contributed by atoms with Crippen LogP contribution in [0.2, 0.25) is 0 Å². The molecule has 0 bridgehead atoms. The first kappa shape index (κ1) is 16.3. The molecule has 1 aliphatic heterocycles. The lowest BCUT2D eigenvalue weighted by Gasteiger charge is -2.22. The number of aromatic nitrogens is 2. The molecule has 0 saturated carbocycles. The first-order chi connectivity index (χ1) is 12.1. The number of thioether (sulfide) groups is 1. The van der Waals surface area contributed by atoms with Gasteiger partial charge in [-0.05, 0) is 25.8 Å². The molecule has 0 aliphatic carbocycles. The van der Waals surface area contributed by atoms with E-state index in [1.54, 1.807) is 11.8 Å². The Morgan fingerprint density at radius 2 is 2.24 bits per heavy atom. The van der Waals surface area contributed by atoms with E-state index in [0.29, 0.717) is 5.75 Å². The molecule has 1 atom stereocenters. The molecule has 6 heteroatoms. The molecule has 2 aromatic heterocycles. The highest BCUT2D eigenvalue weighted by molar-refractivity contribution is 8.00. The summed E-state index contributed by atoms with van der Waals surface area (Å²) in [5.74, 6) is 1.40. The second-order valence-electron chi connectivity index (χ2n) is 6.52. The van der Waals surface area contributed by atoms with Gasteiger partial charge < -0.3 is 14.0 Å². The van der Waals surface area contributed by atoms with Crippen LogP contribution in [0.1, 0.15) is 30.3 Å². The third-order valence-corrected chi connectivity index (χ3v) is 5.80. The second kappa shape index (κ2) is 6.59. The summed E-state index contributed by atoms with van der Waals surface area (Å²) in [6.07, 6.45) is 4.07. The number of aryl methyl sites for hydroxylation is 2. The van der Waals surface area contributed by atoms with Crippen LogP contribution in [0.15, 0.2) is 45.9 Å². The SMILES string of the molecule is Cc1cc([C@@H]2CCCN2C(=O)CSc2cn(C)c3ccccc23)no1. The van der Waals surface area contributed by atoms with E-state index in [1.165, 1.54) is 10.9 Å². The van der Waals surface area contributed by atoms with Crippen LogP contribution < -0.4 is 0 Å². The number of likely N-dealkylation sites (tertiary alicyclic amines) is 1. The fraction of sp³-hybridized carbons (Fsp3) is 0.368. The third-order valence-electron chi connectivity index (χ3n) is 4.77. The van der Waals surface area contributed by atoms with E-state index in [4.69, 9.17) is 4.52 Å². The van der Waals surface area contributed by atoms with E-state index in [0.717, 1.165) is 35.7 Å². The number of nitrogens with zero attached hydrogens (tertiary/aromatic N) is 3. The zero-order chi connectivity index (χ0) is 17.4. The molecule has 5 nitrogen and oxygen atoms in total. The summed E-state index contributed by atoms with van der Waals surface area (Å²) < 4.78 is 7.30. The van der Waals surface area contributed by atoms with Crippen molar-refractivity contribution in [1.82, 2.24) is 14.6 Å². The van der Waals surface area contributed by atoms with Gasteiger partial charge in [-0.1, -0.05) is 23.4 Å². The smallest absolute Gasteiger partial charge is 0.233 e. The molecular weight excluding hydrogens is 334 g/mol. The predicted molar refractivity (Wildman–Crippen MR) is 98.6 cm³/mol. The lowest BCUT2D eigenvalue weighted by molar-refractivity contribution is -0.129. The van der Waals surface area contributed by atoms with Crippen LogP contribution in [0, 0.1) is 6.92 Å². The monoisotopic (exact) mass is 355 g/mol. The first-order valence-electron chi connectivity index (χ1n) is 8.53. The average molecular weight is 355 g/mol. The van der Waals surface area contributed by atoms with Gasteiger partial charge in [0.2, 0.25) is 5.91 Å². The minimum Gasteiger partial charge on any atom is -0.361 e. The van der Waals surface area contributed by atoms with Crippen molar-refractivity contribution >= 4 is 28.6 Å². The number of rotatable bonds is 4. The molecule has 4 rings (SSSR count). The molecule has 1 aliphatic rings. The van der Waals surface area contributed by atoms with Crippen molar-refractivity contribution in [2.24, 2.45) is 7.05 Å². The number of carbonyl (C=O) groups excluding carboxylic acids is 1. The number of fused-ring (bicyclic) bond motifs is 1. The molecule has 1 aromatic carbocycles. The topological polar surface area (TPSA) is 51.3 Å². The molecule has 1 saturated heterocycles. The van der Waals surface area contributed by atoms with E-state index >= 15 is 0 Å². The summed E-state index contributed by atoms with van der Waals surface area (Å²) >= 11 is 1.61. The van der Waals surface area contributed by atoms with Gasteiger partial charge in [-0.25, -0.2) is 0 Å². The molecule has 0 N–H and O–H groups in total. The van der Waals surface area contributed by atoms with Crippen LogP contribution in [0.25, 0.3) is 10.9 Å². The number of amides is 1. The van der Waals surface area contributed by atoms with Crippen LogP contribution in [0.5, 0.6) is 0 Å². The summed E-state index contributed by atoms with van der Waals surface area (Å²) in [5, 5.41) is 5.32. The lowest BCUT2D eigenvalue weighted by Crippen LogP contribution is -2.32. The maximum absolute atomic E-state index is 12.8. The zero-order valence-electron chi connectivity index (χ0n) is 14.4. The van der Waals surface area contributed by atoms with Crippen molar-refractivity contribution in [3.05, 3.63) is 48.0 Å². The van der Waals surface area contributed by atoms with Crippen molar-refractivity contribution < 1.29 is 9.32 Å². The summed E-state index contributed by atoms with van der Waals surface area (Å²) in [5.41, 5.74) is 2.06. The Bertz CT molecular complexity index is 914. The number of carbonyl (C=O) groups is 1. The molecule has 25 heavy (non-hydrogen) atoms. The van der Waals surface area contributed by atoms with Gasteiger partial charge in [0.1, 0.15) is 11.5 Å². The summed E-state index contributed by atoms with van der Waals surface area (Å²) in [4.78, 5) is 15.9. The largest absolute Gasteiger partial charge is 0.361 e. The molecule has 0 spiro atoms. The lowest BCUT2D eigenvalue weighted by atomic mass is 10.1. The van der Waals surface area contributed by atoms with Gasteiger partial charge in [0.05, 0.1) is 11.8 Å². The fourth-order valence-electron chi connectivity index (χ4n) is 3.56. The summed E-state index contributed by atoms with van der Waals surface area (Å²) in [7, 11) is 2.04. The molecule has 0 radical (unpaired) electrons. The normalized spacial score (nSPS) is 17.5. The highest BCUT2D eigenvalue weighted by Gasteiger charge is 2.31. The number of hydrogen-bond acceptors (Lipinski definition) is 4. The van der Waals surface area contributed by atoms with Crippen molar-refractivity contribution in [3.63, 3.8) is 0 Å². The van der Waals surface area contributed by atoms with Crippen molar-refractivity contribution in [2.75, 3.05) is 12.3 Å². The second-order valence-corrected chi connectivity index (χ2v) is 7.53. The number of para-hydroxylation sites is 1. The van der Waals surface area contributed by atoms with Gasteiger partial charge in [0, 0.05) is 41.7 Å². The molecule has 130 valence electrons. The zero-order valence-corrected chi connectivity index (χ0v) is 15.3. The van der Waals surface area contributed by atoms with Crippen LogP contribution in [-0.4, -0.2) is 32.8 Å². The van der Waals surface area contributed by atoms with Crippen LogP contribution >= 0.6 is 11.8 Å². The molecule has 3 aromatic rings. The fourth-order valence-corrected chi connectivity index (χ4v) is 4.56. The standard InChI is InChI=1S/C19H21N3O2S/c1-13-10-15(20-24-13)17-8-5-9-22(17)19(23)12-25-18-11-21(2)16-7-4-3-6-14(16)18/h3-4,6-7,10-11,17H,5,8-9,12H2,1-2H3/t17-/m0/s1. The predicted octanol–water partition coefficient (Wildman–Crippen LogP) is 3.93. The summed E-state index contributed by atoms with van der Waals surface area (Å²) in [6, 6.07) is 10.3. The Morgan fingerprint density at radius 3 is 3.04 bits per heavy atom. The molecular formula is C19H21N3O2S. The maximum Gasteiger partial charge on any atom is 0.233 e. The Kier molecular flexibility index (Phi) is 4.29. The highest BCUT2D eigenvalue weighted by atomic mass is 32.2. The Hall–Kier alpha value is -2.21. The third kappa shape index (κ3) is 3.06. The van der Waals surface area contributed by atoms with Crippen molar-refractivity contribution in [2.45, 2.75) is 30.7 Å². The van der Waals surface area contributed by atoms with E-state index < -0.39 is 0 Å². The quantitative estimate of drug-likeness (QED) is 0.666. The minimum absolute atomic E-state index is 0.0538. The Morgan fingerprint density at radius 1 is 1.40 bits per heavy atom. The Balaban J connectivity index is 1.48. The van der Waals surface area contributed by atoms with E-state index in [9.17, 15) is 4.79 Å². The molecule has 0 unspecified atom stereocenters. The van der Waals surface area contributed by atoms with Gasteiger partial charge in [-0.15, -0.1) is 11.8 Å². The number of benzene rings is 1. The highest BCUT2D eigenvalue weighted by Crippen LogP contribution is 2.34. The van der Waals surface area contributed by atoms with Crippen LogP contribution in [0.3, 0.4) is 0 Å². The van der Waals surface area contributed by atoms with E-state index in [1.807, 2.05) is 37.1 Å². The minimum atomic E-state index is 0.0538. The summed E-state index contributed by atoms with van der Waals surface area (Å²) in [6.45, 7) is 2.68. The van der Waals surface area contributed by atoms with Gasteiger partial charge >= 0.3 is 0 Å². The van der Waals surface area contributed by atoms with Gasteiger partial charge in [-0.3, -0.25) is 4.79 Å². The molecule has 1 amide bonds. The van der Waals surface area contributed by atoms with Crippen LogP contribution in [-0.2, 0) is 11.8 Å². The van der Waals surface area contributed by atoms with Gasteiger partial charge in [-0.2, -0.15) is 0 Å². The van der Waals surface area contributed by atoms with E-state index in [2.05, 4.69) is 28.1 Å². The van der Waals surface area contributed by atoms with Gasteiger partial charge in [0.25, 0.3) is 0 Å². The van der Waals surface area contributed by atoms with Crippen LogP contribution in [0.4, 0.5) is 0 Å². The van der Waals surface area contributed by atoms with Gasteiger partial charge in [0.15, 0.2) is 0 Å². The van der Waals surface area contributed by atoms with Crippen molar-refractivity contribution in [3.8, 4) is 0 Å².